The first-order chi connectivity index (χ1) is 7.75. The van der Waals surface area contributed by atoms with Crippen molar-refractivity contribution in [2.24, 2.45) is 0 Å². The summed E-state index contributed by atoms with van der Waals surface area (Å²) in [5.41, 5.74) is 1.06. The van der Waals surface area contributed by atoms with Crippen LogP contribution in [0, 0.1) is 0 Å². The molecule has 0 unspecified atom stereocenters. The van der Waals surface area contributed by atoms with Crippen LogP contribution in [-0.4, -0.2) is 11.0 Å². The van der Waals surface area contributed by atoms with Gasteiger partial charge in [-0.15, -0.1) is 0 Å². The van der Waals surface area contributed by atoms with Crippen LogP contribution in [-0.2, 0) is 0 Å². The average Bonchev–Trinajstić information content (AvgIpc) is 2.52. The molecule has 4 heteroatoms. The number of pyridine rings is 1. The summed E-state index contributed by atoms with van der Waals surface area (Å²) in [7, 11) is 0. The normalized spacial score (nSPS) is 18.1. The minimum atomic E-state index is 0.520. The lowest BCUT2D eigenvalue weighted by Crippen LogP contribution is -2.18. The van der Waals surface area contributed by atoms with Gasteiger partial charge in [-0.3, -0.25) is 0 Å². The van der Waals surface area contributed by atoms with Gasteiger partial charge in [-0.05, 0) is 34.8 Å². The van der Waals surface area contributed by atoms with Crippen LogP contribution in [0.1, 0.15) is 38.5 Å². The molecule has 0 aromatic carbocycles. The molecule has 1 aromatic heterocycles. The zero-order valence-corrected chi connectivity index (χ0v) is 11.5. The molecule has 1 saturated carbocycles. The molecule has 0 amide bonds. The van der Waals surface area contributed by atoms with E-state index >= 15 is 0 Å². The van der Waals surface area contributed by atoms with Crippen molar-refractivity contribution in [3.8, 4) is 0 Å². The van der Waals surface area contributed by atoms with Gasteiger partial charge in [0.2, 0.25) is 0 Å². The molecule has 1 heterocycles. The fourth-order valence-electron chi connectivity index (χ4n) is 2.16. The van der Waals surface area contributed by atoms with E-state index in [9.17, 15) is 0 Å². The Kier molecular flexibility index (Phi) is 4.47. The van der Waals surface area contributed by atoms with Gasteiger partial charge in [-0.2, -0.15) is 0 Å². The van der Waals surface area contributed by atoms with E-state index in [1.165, 1.54) is 38.5 Å². The van der Waals surface area contributed by atoms with E-state index in [0.29, 0.717) is 11.2 Å². The molecular formula is C12H16BrClN2. The van der Waals surface area contributed by atoms with Gasteiger partial charge in [0, 0.05) is 6.04 Å². The van der Waals surface area contributed by atoms with Crippen LogP contribution in [0.2, 0.25) is 5.15 Å². The Morgan fingerprint density at radius 2 is 1.94 bits per heavy atom. The van der Waals surface area contributed by atoms with E-state index in [0.717, 1.165) is 10.2 Å². The zero-order valence-electron chi connectivity index (χ0n) is 9.18. The predicted octanol–water partition coefficient (Wildman–Crippen LogP) is 4.63. The number of nitrogens with zero attached hydrogens (tertiary/aromatic N) is 1. The highest BCUT2D eigenvalue weighted by Gasteiger charge is 2.12. The van der Waals surface area contributed by atoms with Gasteiger partial charge in [-0.25, -0.2) is 4.98 Å². The summed E-state index contributed by atoms with van der Waals surface area (Å²) < 4.78 is 0.854. The third-order valence-electron chi connectivity index (χ3n) is 3.02. The third kappa shape index (κ3) is 3.36. The number of nitrogens with one attached hydrogen (secondary N) is 1. The van der Waals surface area contributed by atoms with E-state index in [4.69, 9.17) is 11.6 Å². The Labute approximate surface area is 110 Å². The minimum absolute atomic E-state index is 0.520. The first-order valence-corrected chi connectivity index (χ1v) is 7.00. The molecule has 16 heavy (non-hydrogen) atoms. The standard InChI is InChI=1S/C12H16BrClN2/c13-11-7-10(8-15-12(11)14)16-9-5-3-1-2-4-6-9/h7-9,16H,1-6H2. The maximum atomic E-state index is 5.86. The van der Waals surface area contributed by atoms with Gasteiger partial charge in [0.1, 0.15) is 5.15 Å². The van der Waals surface area contributed by atoms with Crippen molar-refractivity contribution in [1.82, 2.24) is 4.98 Å². The van der Waals surface area contributed by atoms with Gasteiger partial charge in [0.05, 0.1) is 16.4 Å². The van der Waals surface area contributed by atoms with Crippen LogP contribution in [0.25, 0.3) is 0 Å². The summed E-state index contributed by atoms with van der Waals surface area (Å²) in [4.78, 5) is 4.12. The van der Waals surface area contributed by atoms with Crippen LogP contribution >= 0.6 is 27.5 Å². The number of halogens is 2. The van der Waals surface area contributed by atoms with Gasteiger partial charge < -0.3 is 5.32 Å². The van der Waals surface area contributed by atoms with E-state index in [1.54, 1.807) is 6.20 Å². The van der Waals surface area contributed by atoms with Gasteiger partial charge in [0.15, 0.2) is 0 Å². The molecule has 0 bridgehead atoms. The molecule has 0 saturated heterocycles. The SMILES string of the molecule is Clc1ncc(NC2CCCCCC2)cc1Br. The Hall–Kier alpha value is -0.280. The summed E-state index contributed by atoms with van der Waals surface area (Å²) in [6, 6.07) is 2.60. The molecule has 1 aliphatic carbocycles. The molecule has 1 fully saturated rings. The van der Waals surface area contributed by atoms with Gasteiger partial charge in [0.25, 0.3) is 0 Å². The number of hydrogen-bond acceptors (Lipinski definition) is 2. The number of anilines is 1. The highest BCUT2D eigenvalue weighted by atomic mass is 79.9. The summed E-state index contributed by atoms with van der Waals surface area (Å²) in [5, 5.41) is 4.06. The van der Waals surface area contributed by atoms with E-state index < -0.39 is 0 Å². The first kappa shape index (κ1) is 12.2. The molecule has 0 atom stereocenters. The number of hydrogen-bond donors (Lipinski definition) is 1. The van der Waals surface area contributed by atoms with Crippen LogP contribution < -0.4 is 5.32 Å². The van der Waals surface area contributed by atoms with E-state index in [2.05, 4.69) is 26.2 Å². The Morgan fingerprint density at radius 1 is 1.25 bits per heavy atom. The summed E-state index contributed by atoms with van der Waals surface area (Å²) in [6.07, 6.45) is 9.75. The molecule has 1 aliphatic rings. The lowest BCUT2D eigenvalue weighted by atomic mass is 10.1. The second-order valence-electron chi connectivity index (χ2n) is 4.33. The van der Waals surface area contributed by atoms with Crippen molar-refractivity contribution in [2.45, 2.75) is 44.6 Å². The van der Waals surface area contributed by atoms with E-state index in [1.807, 2.05) is 6.07 Å². The molecule has 2 rings (SSSR count). The quantitative estimate of drug-likeness (QED) is 0.636. The average molecular weight is 304 g/mol. The minimum Gasteiger partial charge on any atom is -0.381 e. The Morgan fingerprint density at radius 3 is 2.56 bits per heavy atom. The lowest BCUT2D eigenvalue weighted by Gasteiger charge is -2.17. The van der Waals surface area contributed by atoms with Crippen molar-refractivity contribution < 1.29 is 0 Å². The second-order valence-corrected chi connectivity index (χ2v) is 5.54. The second kappa shape index (κ2) is 5.87. The van der Waals surface area contributed by atoms with Crippen molar-refractivity contribution in [2.75, 3.05) is 5.32 Å². The van der Waals surface area contributed by atoms with Gasteiger partial charge >= 0.3 is 0 Å². The van der Waals surface area contributed by atoms with Crippen molar-refractivity contribution in [3.05, 3.63) is 21.9 Å². The smallest absolute Gasteiger partial charge is 0.143 e. The van der Waals surface area contributed by atoms with Crippen molar-refractivity contribution >= 4 is 33.2 Å². The monoisotopic (exact) mass is 302 g/mol. The number of rotatable bonds is 2. The first-order valence-electron chi connectivity index (χ1n) is 5.83. The van der Waals surface area contributed by atoms with Crippen LogP contribution in [0.5, 0.6) is 0 Å². The van der Waals surface area contributed by atoms with Crippen molar-refractivity contribution in [3.63, 3.8) is 0 Å². The zero-order chi connectivity index (χ0) is 11.4. The maximum absolute atomic E-state index is 5.86. The lowest BCUT2D eigenvalue weighted by molar-refractivity contribution is 0.620. The fourth-order valence-corrected chi connectivity index (χ4v) is 2.61. The molecule has 1 N–H and O–H groups in total. The fraction of sp³-hybridized carbons (Fsp3) is 0.583. The molecule has 88 valence electrons. The summed E-state index contributed by atoms with van der Waals surface area (Å²) in [6.45, 7) is 0. The molecule has 0 spiro atoms. The Bertz CT molecular complexity index is 349. The highest BCUT2D eigenvalue weighted by Crippen LogP contribution is 2.25. The largest absolute Gasteiger partial charge is 0.381 e. The maximum Gasteiger partial charge on any atom is 0.143 e. The molecule has 2 nitrogen and oxygen atoms in total. The topological polar surface area (TPSA) is 24.9 Å². The van der Waals surface area contributed by atoms with Crippen LogP contribution in [0.4, 0.5) is 5.69 Å². The van der Waals surface area contributed by atoms with E-state index in [-0.39, 0.29) is 0 Å². The summed E-state index contributed by atoms with van der Waals surface area (Å²) >= 11 is 9.26. The predicted molar refractivity (Wildman–Crippen MR) is 72.1 cm³/mol. The van der Waals surface area contributed by atoms with Gasteiger partial charge in [-0.1, -0.05) is 37.3 Å². The Balaban J connectivity index is 1.99. The molecule has 0 aliphatic heterocycles. The number of aromatic nitrogens is 1. The molecule has 0 radical (unpaired) electrons. The highest BCUT2D eigenvalue weighted by molar-refractivity contribution is 9.10. The van der Waals surface area contributed by atoms with Crippen molar-refractivity contribution in [1.29, 1.82) is 0 Å². The third-order valence-corrected chi connectivity index (χ3v) is 4.16. The van der Waals surface area contributed by atoms with Crippen LogP contribution in [0.3, 0.4) is 0 Å². The molecule has 1 aromatic rings. The van der Waals surface area contributed by atoms with Crippen LogP contribution in [0.15, 0.2) is 16.7 Å². The molecular weight excluding hydrogens is 288 g/mol. The summed E-state index contributed by atoms with van der Waals surface area (Å²) in [5.74, 6) is 0.